The van der Waals surface area contributed by atoms with Gasteiger partial charge < -0.3 is 10.1 Å². The molecule has 2 aromatic heterocycles. The summed E-state index contributed by atoms with van der Waals surface area (Å²) in [6, 6.07) is 3.29. The molecule has 0 saturated heterocycles. The predicted octanol–water partition coefficient (Wildman–Crippen LogP) is 3.16. The Morgan fingerprint density at radius 3 is 2.58 bits per heavy atom. The lowest BCUT2D eigenvalue weighted by molar-refractivity contribution is 0.235. The van der Waals surface area contributed by atoms with Gasteiger partial charge in [0.2, 0.25) is 21.9 Å². The summed E-state index contributed by atoms with van der Waals surface area (Å²) in [4.78, 5) is 13.4. The van der Waals surface area contributed by atoms with Gasteiger partial charge in [0.05, 0.1) is 23.4 Å². The molecule has 0 saturated carbocycles. The van der Waals surface area contributed by atoms with Crippen molar-refractivity contribution < 1.29 is 13.2 Å². The van der Waals surface area contributed by atoms with Gasteiger partial charge in [-0.15, -0.1) is 6.42 Å². The van der Waals surface area contributed by atoms with Crippen molar-refractivity contribution in [3.8, 4) is 18.2 Å². The van der Waals surface area contributed by atoms with Crippen molar-refractivity contribution >= 4 is 27.0 Å². The van der Waals surface area contributed by atoms with E-state index in [1.165, 1.54) is 0 Å². The number of ether oxygens (including phenoxy) is 1. The number of primary sulfonamides is 1. The highest BCUT2D eigenvalue weighted by Gasteiger charge is 2.16. The number of terminal acetylenes is 1. The molecule has 2 heterocycles. The Kier molecular flexibility index (Phi) is 8.14. The Morgan fingerprint density at radius 1 is 1.29 bits per heavy atom. The fourth-order valence-corrected chi connectivity index (χ4v) is 3.67. The van der Waals surface area contributed by atoms with E-state index in [-0.39, 0.29) is 17.9 Å². The number of sulfonamides is 1. The van der Waals surface area contributed by atoms with E-state index in [2.05, 4.69) is 26.2 Å². The summed E-state index contributed by atoms with van der Waals surface area (Å²) in [6.07, 6.45) is 9.96. The fourth-order valence-electron chi connectivity index (χ4n) is 2.95. The molecule has 9 heteroatoms. The van der Waals surface area contributed by atoms with Crippen LogP contribution in [0.2, 0.25) is 0 Å². The van der Waals surface area contributed by atoms with Crippen LogP contribution in [0.4, 0.5) is 5.95 Å². The number of nitrogens with one attached hydrogen (secondary N) is 1. The predicted molar refractivity (Wildman–Crippen MR) is 124 cm³/mol. The van der Waals surface area contributed by atoms with Crippen LogP contribution in [0.3, 0.4) is 0 Å². The van der Waals surface area contributed by atoms with E-state index < -0.39 is 10.0 Å². The molecule has 0 spiro atoms. The van der Waals surface area contributed by atoms with Crippen LogP contribution >= 0.6 is 0 Å². The molecule has 0 aliphatic carbocycles. The smallest absolute Gasteiger partial charge is 0.245 e. The average Bonchev–Trinajstić information content (AvgIpc) is 2.65. The molecule has 8 nitrogen and oxygen atoms in total. The number of hydrogen-bond donors (Lipinski definition) is 2. The number of pyridine rings is 1. The molecule has 2 rings (SSSR count). The molecule has 31 heavy (non-hydrogen) atoms. The minimum absolute atomic E-state index is 0.112. The lowest BCUT2D eigenvalue weighted by atomic mass is 10.0. The number of aromatic nitrogens is 3. The van der Waals surface area contributed by atoms with Crippen molar-refractivity contribution in [3.63, 3.8) is 0 Å². The number of fused-ring (bicyclic) bond motifs is 1. The van der Waals surface area contributed by atoms with Gasteiger partial charge in [0.15, 0.2) is 5.52 Å². The van der Waals surface area contributed by atoms with Gasteiger partial charge in [-0.05, 0) is 51.8 Å². The molecule has 1 atom stereocenters. The standard InChI is InChI=1S/C22H29N5O3S/c1-7-9-17(12-15(5)13-31(23,28)29)16(6)24-22-26-19-11-10-18(8-2)25-20(19)21(27-22)30-14(3)4/h2,9-12,14,16H,7,13H2,1,3-6H3,(H2,23,28,29)(H,24,26,27). The van der Waals surface area contributed by atoms with Gasteiger partial charge in [-0.2, -0.15) is 4.98 Å². The van der Waals surface area contributed by atoms with Crippen molar-refractivity contribution in [3.05, 3.63) is 41.1 Å². The van der Waals surface area contributed by atoms with Gasteiger partial charge in [0.1, 0.15) is 5.69 Å². The van der Waals surface area contributed by atoms with Gasteiger partial charge in [0.25, 0.3) is 0 Å². The summed E-state index contributed by atoms with van der Waals surface area (Å²) in [5.41, 5.74) is 3.11. The number of allylic oxidation sites excluding steroid dienone is 1. The van der Waals surface area contributed by atoms with Crippen LogP contribution in [-0.4, -0.2) is 41.3 Å². The molecule has 0 bridgehead atoms. The summed E-state index contributed by atoms with van der Waals surface area (Å²) >= 11 is 0. The molecular formula is C22H29N5O3S. The van der Waals surface area contributed by atoms with Gasteiger partial charge in [-0.1, -0.05) is 30.6 Å². The van der Waals surface area contributed by atoms with Gasteiger partial charge in [-0.3, -0.25) is 0 Å². The third kappa shape index (κ3) is 7.35. The second-order valence-electron chi connectivity index (χ2n) is 7.50. The minimum Gasteiger partial charge on any atom is -0.473 e. The average molecular weight is 444 g/mol. The Bertz CT molecular complexity index is 1150. The summed E-state index contributed by atoms with van der Waals surface area (Å²) in [5, 5.41) is 8.43. The first-order valence-electron chi connectivity index (χ1n) is 9.98. The first-order valence-corrected chi connectivity index (χ1v) is 11.7. The maximum Gasteiger partial charge on any atom is 0.245 e. The topological polar surface area (TPSA) is 120 Å². The Labute approximate surface area is 184 Å². The molecule has 166 valence electrons. The Hall–Kier alpha value is -2.96. The van der Waals surface area contributed by atoms with Crippen molar-refractivity contribution in [2.45, 2.75) is 53.2 Å². The van der Waals surface area contributed by atoms with Crippen molar-refractivity contribution in [2.24, 2.45) is 5.14 Å². The summed E-state index contributed by atoms with van der Waals surface area (Å²) in [7, 11) is -3.59. The zero-order valence-corrected chi connectivity index (χ0v) is 19.3. The molecule has 0 fully saturated rings. The second-order valence-corrected chi connectivity index (χ2v) is 9.12. The fraction of sp³-hybridized carbons (Fsp3) is 0.409. The maximum atomic E-state index is 11.4. The SMILES string of the molecule is C#Cc1ccc2nc(NC(C)C(C=C(C)CS(N)(=O)=O)=CCC)nc(OC(C)C)c2n1. The molecule has 3 N–H and O–H groups in total. The molecular weight excluding hydrogens is 414 g/mol. The highest BCUT2D eigenvalue weighted by Crippen LogP contribution is 2.24. The zero-order chi connectivity index (χ0) is 23.2. The monoisotopic (exact) mass is 443 g/mol. The maximum absolute atomic E-state index is 11.4. The van der Waals surface area contributed by atoms with Gasteiger partial charge in [-0.25, -0.2) is 23.5 Å². The summed E-state index contributed by atoms with van der Waals surface area (Å²) in [5.74, 6) is 3.01. The molecule has 0 aromatic carbocycles. The van der Waals surface area contributed by atoms with E-state index in [0.29, 0.717) is 34.1 Å². The second kappa shape index (κ2) is 10.4. The minimum atomic E-state index is -3.59. The van der Waals surface area contributed by atoms with Gasteiger partial charge in [0, 0.05) is 0 Å². The highest BCUT2D eigenvalue weighted by atomic mass is 32.2. The van der Waals surface area contributed by atoms with E-state index >= 15 is 0 Å². The van der Waals surface area contributed by atoms with Crippen LogP contribution in [0.1, 0.15) is 46.7 Å². The zero-order valence-electron chi connectivity index (χ0n) is 18.5. The molecule has 2 aromatic rings. The number of hydrogen-bond acceptors (Lipinski definition) is 7. The van der Waals surface area contributed by atoms with Crippen LogP contribution in [-0.2, 0) is 10.0 Å². The number of anilines is 1. The number of rotatable bonds is 9. The molecule has 1 unspecified atom stereocenters. The van der Waals surface area contributed by atoms with E-state index in [1.54, 1.807) is 19.1 Å². The largest absolute Gasteiger partial charge is 0.473 e. The summed E-state index contributed by atoms with van der Waals surface area (Å²) < 4.78 is 28.6. The van der Waals surface area contributed by atoms with Crippen molar-refractivity contribution in [2.75, 3.05) is 11.1 Å². The molecule has 0 aliphatic heterocycles. The highest BCUT2D eigenvalue weighted by molar-refractivity contribution is 7.89. The van der Waals surface area contributed by atoms with E-state index in [9.17, 15) is 8.42 Å². The van der Waals surface area contributed by atoms with Crippen LogP contribution in [0.25, 0.3) is 11.0 Å². The quantitative estimate of drug-likeness (QED) is 0.451. The number of nitrogens with zero attached hydrogens (tertiary/aromatic N) is 3. The van der Waals surface area contributed by atoms with E-state index in [0.717, 1.165) is 12.0 Å². The third-order valence-electron chi connectivity index (χ3n) is 4.13. The lowest BCUT2D eigenvalue weighted by Crippen LogP contribution is -2.21. The molecule has 0 amide bonds. The van der Waals surface area contributed by atoms with E-state index in [1.807, 2.05) is 39.8 Å². The Morgan fingerprint density at radius 2 is 2.00 bits per heavy atom. The van der Waals surface area contributed by atoms with E-state index in [4.69, 9.17) is 16.3 Å². The van der Waals surface area contributed by atoms with Crippen molar-refractivity contribution in [1.29, 1.82) is 0 Å². The third-order valence-corrected chi connectivity index (χ3v) is 4.99. The van der Waals surface area contributed by atoms with Crippen LogP contribution in [0, 0.1) is 12.3 Å². The van der Waals surface area contributed by atoms with Crippen LogP contribution in [0.15, 0.2) is 35.4 Å². The first-order chi connectivity index (χ1) is 14.5. The van der Waals surface area contributed by atoms with Crippen molar-refractivity contribution in [1.82, 2.24) is 15.0 Å². The lowest BCUT2D eigenvalue weighted by Gasteiger charge is -2.18. The molecule has 0 aliphatic rings. The van der Waals surface area contributed by atoms with Gasteiger partial charge >= 0.3 is 0 Å². The van der Waals surface area contributed by atoms with Crippen LogP contribution < -0.4 is 15.2 Å². The normalized spacial score (nSPS) is 13.9. The number of nitrogens with two attached hydrogens (primary N) is 1. The molecule has 0 radical (unpaired) electrons. The summed E-state index contributed by atoms with van der Waals surface area (Å²) in [6.45, 7) is 9.48. The van der Waals surface area contributed by atoms with Crippen LogP contribution in [0.5, 0.6) is 5.88 Å². The first kappa shape index (κ1) is 24.3. The Balaban J connectivity index is 2.41.